The SMILES string of the molecule is CC(C)NC(=O)N1CCCN(C2CCN(Cc3ccccc3)C2=O)CC1. The van der Waals surface area contributed by atoms with E-state index in [-0.39, 0.29) is 24.0 Å². The number of rotatable bonds is 4. The molecule has 1 aromatic carbocycles. The minimum absolute atomic E-state index is 0.00491. The van der Waals surface area contributed by atoms with Crippen molar-refractivity contribution in [2.45, 2.75) is 45.3 Å². The van der Waals surface area contributed by atoms with Crippen LogP contribution in [-0.2, 0) is 11.3 Å². The van der Waals surface area contributed by atoms with Gasteiger partial charge in [-0.15, -0.1) is 0 Å². The van der Waals surface area contributed by atoms with Crippen molar-refractivity contribution in [2.24, 2.45) is 0 Å². The van der Waals surface area contributed by atoms with Gasteiger partial charge in [0, 0.05) is 45.3 Å². The minimum atomic E-state index is -0.0353. The lowest BCUT2D eigenvalue weighted by Gasteiger charge is -2.27. The highest BCUT2D eigenvalue weighted by Gasteiger charge is 2.36. The van der Waals surface area contributed by atoms with Gasteiger partial charge >= 0.3 is 6.03 Å². The second kappa shape index (κ2) is 8.54. The van der Waals surface area contributed by atoms with Crippen LogP contribution in [0.4, 0.5) is 4.79 Å². The maximum atomic E-state index is 12.9. The fraction of sp³-hybridized carbons (Fsp3) is 0.600. The van der Waals surface area contributed by atoms with Crippen LogP contribution in [0.15, 0.2) is 30.3 Å². The molecule has 0 spiro atoms. The second-order valence-corrected chi connectivity index (χ2v) is 7.53. The maximum absolute atomic E-state index is 12.9. The zero-order chi connectivity index (χ0) is 18.5. The van der Waals surface area contributed by atoms with Gasteiger partial charge in [-0.3, -0.25) is 9.69 Å². The number of nitrogens with zero attached hydrogens (tertiary/aromatic N) is 3. The molecule has 2 saturated heterocycles. The molecule has 1 atom stereocenters. The predicted octanol–water partition coefficient (Wildman–Crippen LogP) is 1.91. The first-order chi connectivity index (χ1) is 12.5. The highest BCUT2D eigenvalue weighted by Crippen LogP contribution is 2.21. The quantitative estimate of drug-likeness (QED) is 0.895. The number of benzene rings is 1. The van der Waals surface area contributed by atoms with Crippen molar-refractivity contribution in [3.05, 3.63) is 35.9 Å². The van der Waals surface area contributed by atoms with Crippen molar-refractivity contribution < 1.29 is 9.59 Å². The first-order valence-electron chi connectivity index (χ1n) is 9.67. The Hall–Kier alpha value is -2.08. The molecule has 2 aliphatic rings. The minimum Gasteiger partial charge on any atom is -0.337 e. The van der Waals surface area contributed by atoms with Crippen LogP contribution in [0, 0.1) is 0 Å². The molecule has 0 bridgehead atoms. The van der Waals surface area contributed by atoms with Crippen LogP contribution >= 0.6 is 0 Å². The monoisotopic (exact) mass is 358 g/mol. The average molecular weight is 358 g/mol. The zero-order valence-electron chi connectivity index (χ0n) is 15.9. The van der Waals surface area contributed by atoms with E-state index in [1.165, 1.54) is 5.56 Å². The second-order valence-electron chi connectivity index (χ2n) is 7.53. The molecule has 1 unspecified atom stereocenters. The molecule has 0 saturated carbocycles. The molecule has 3 amide bonds. The maximum Gasteiger partial charge on any atom is 0.317 e. The number of hydrogen-bond acceptors (Lipinski definition) is 3. The molecule has 0 aromatic heterocycles. The Morgan fingerprint density at radius 1 is 1.12 bits per heavy atom. The van der Waals surface area contributed by atoms with Gasteiger partial charge < -0.3 is 15.1 Å². The number of urea groups is 1. The first-order valence-corrected chi connectivity index (χ1v) is 9.67. The van der Waals surface area contributed by atoms with E-state index < -0.39 is 0 Å². The summed E-state index contributed by atoms with van der Waals surface area (Å²) in [5, 5.41) is 2.96. The molecule has 142 valence electrons. The number of hydrogen-bond donors (Lipinski definition) is 1. The third-order valence-electron chi connectivity index (χ3n) is 5.16. The van der Waals surface area contributed by atoms with Gasteiger partial charge in [-0.25, -0.2) is 4.79 Å². The van der Waals surface area contributed by atoms with E-state index in [0.717, 1.165) is 39.0 Å². The zero-order valence-corrected chi connectivity index (χ0v) is 15.9. The number of likely N-dealkylation sites (tertiary alicyclic amines) is 1. The Balaban J connectivity index is 1.55. The Morgan fingerprint density at radius 3 is 2.62 bits per heavy atom. The Kier molecular flexibility index (Phi) is 6.14. The van der Waals surface area contributed by atoms with E-state index in [4.69, 9.17) is 0 Å². The van der Waals surface area contributed by atoms with Crippen molar-refractivity contribution in [1.29, 1.82) is 0 Å². The number of amides is 3. The van der Waals surface area contributed by atoms with Gasteiger partial charge in [0.15, 0.2) is 0 Å². The Bertz CT molecular complexity index is 619. The van der Waals surface area contributed by atoms with E-state index in [1.807, 2.05) is 41.8 Å². The average Bonchev–Trinajstić information content (AvgIpc) is 2.83. The summed E-state index contributed by atoms with van der Waals surface area (Å²) in [6.45, 7) is 8.52. The lowest BCUT2D eigenvalue weighted by atomic mass is 10.2. The molecule has 0 aliphatic carbocycles. The predicted molar refractivity (Wildman–Crippen MR) is 102 cm³/mol. The smallest absolute Gasteiger partial charge is 0.317 e. The molecular formula is C20H30N4O2. The molecule has 2 heterocycles. The van der Waals surface area contributed by atoms with Crippen LogP contribution in [0.5, 0.6) is 0 Å². The lowest BCUT2D eigenvalue weighted by molar-refractivity contribution is -0.132. The third-order valence-corrected chi connectivity index (χ3v) is 5.16. The van der Waals surface area contributed by atoms with Gasteiger partial charge in [-0.1, -0.05) is 30.3 Å². The Morgan fingerprint density at radius 2 is 1.88 bits per heavy atom. The normalized spacial score (nSPS) is 22.0. The Labute approximate surface area is 156 Å². The summed E-state index contributed by atoms with van der Waals surface area (Å²) in [6.07, 6.45) is 1.79. The van der Waals surface area contributed by atoms with Crippen molar-refractivity contribution in [1.82, 2.24) is 20.0 Å². The van der Waals surface area contributed by atoms with E-state index in [1.54, 1.807) is 0 Å². The summed E-state index contributed by atoms with van der Waals surface area (Å²) in [6, 6.07) is 10.3. The van der Waals surface area contributed by atoms with Crippen LogP contribution in [0.25, 0.3) is 0 Å². The summed E-state index contributed by atoms with van der Waals surface area (Å²) < 4.78 is 0. The van der Waals surface area contributed by atoms with Crippen molar-refractivity contribution in [3.63, 3.8) is 0 Å². The number of nitrogens with one attached hydrogen (secondary N) is 1. The van der Waals surface area contributed by atoms with E-state index in [0.29, 0.717) is 13.1 Å². The molecule has 2 aliphatic heterocycles. The van der Waals surface area contributed by atoms with E-state index >= 15 is 0 Å². The van der Waals surface area contributed by atoms with Crippen molar-refractivity contribution in [3.8, 4) is 0 Å². The summed E-state index contributed by atoms with van der Waals surface area (Å²) >= 11 is 0. The fourth-order valence-electron chi connectivity index (χ4n) is 3.81. The van der Waals surface area contributed by atoms with Crippen LogP contribution in [0.1, 0.15) is 32.3 Å². The topological polar surface area (TPSA) is 55.9 Å². The molecule has 26 heavy (non-hydrogen) atoms. The molecule has 0 radical (unpaired) electrons. The summed E-state index contributed by atoms with van der Waals surface area (Å²) in [7, 11) is 0. The molecule has 6 nitrogen and oxygen atoms in total. The van der Waals surface area contributed by atoms with Crippen LogP contribution < -0.4 is 5.32 Å². The standard InChI is InChI=1S/C20H30N4O2/c1-16(2)21-20(26)23-11-6-10-22(13-14-23)18-9-12-24(19(18)25)15-17-7-4-3-5-8-17/h3-5,7-8,16,18H,6,9-15H2,1-2H3,(H,21,26). The lowest BCUT2D eigenvalue weighted by Crippen LogP contribution is -2.46. The highest BCUT2D eigenvalue weighted by molar-refractivity contribution is 5.84. The largest absolute Gasteiger partial charge is 0.337 e. The van der Waals surface area contributed by atoms with Gasteiger partial charge in [0.2, 0.25) is 5.91 Å². The van der Waals surface area contributed by atoms with Crippen LogP contribution in [0.3, 0.4) is 0 Å². The van der Waals surface area contributed by atoms with Gasteiger partial charge in [0.1, 0.15) is 0 Å². The fourth-order valence-corrected chi connectivity index (χ4v) is 3.81. The third kappa shape index (κ3) is 4.55. The van der Waals surface area contributed by atoms with Gasteiger partial charge in [0.25, 0.3) is 0 Å². The van der Waals surface area contributed by atoms with E-state index in [2.05, 4.69) is 22.3 Å². The van der Waals surface area contributed by atoms with E-state index in [9.17, 15) is 9.59 Å². The van der Waals surface area contributed by atoms with Gasteiger partial charge in [0.05, 0.1) is 6.04 Å². The first kappa shape index (κ1) is 18.7. The van der Waals surface area contributed by atoms with Gasteiger partial charge in [-0.2, -0.15) is 0 Å². The summed E-state index contributed by atoms with van der Waals surface area (Å²) in [5.74, 6) is 0.230. The number of carbonyl (C=O) groups is 2. The summed E-state index contributed by atoms with van der Waals surface area (Å²) in [5.41, 5.74) is 1.17. The molecule has 1 aromatic rings. The molecule has 1 N–H and O–H groups in total. The van der Waals surface area contributed by atoms with Crippen LogP contribution in [0.2, 0.25) is 0 Å². The molecular weight excluding hydrogens is 328 g/mol. The molecule has 6 heteroatoms. The highest BCUT2D eigenvalue weighted by atomic mass is 16.2. The molecule has 3 rings (SSSR count). The van der Waals surface area contributed by atoms with Crippen molar-refractivity contribution in [2.75, 3.05) is 32.7 Å². The number of carbonyl (C=O) groups excluding carboxylic acids is 2. The van der Waals surface area contributed by atoms with Crippen molar-refractivity contribution >= 4 is 11.9 Å². The molecule has 2 fully saturated rings. The van der Waals surface area contributed by atoms with Crippen LogP contribution in [-0.4, -0.2) is 71.4 Å². The summed E-state index contributed by atoms with van der Waals surface area (Å²) in [4.78, 5) is 31.2. The van der Waals surface area contributed by atoms with Gasteiger partial charge in [-0.05, 0) is 32.3 Å².